The summed E-state index contributed by atoms with van der Waals surface area (Å²) in [6, 6.07) is 19.8. The highest BCUT2D eigenvalue weighted by molar-refractivity contribution is 6.30. The van der Waals surface area contributed by atoms with E-state index in [0.29, 0.717) is 22.9 Å². The summed E-state index contributed by atoms with van der Waals surface area (Å²) >= 11 is 5.84. The first-order chi connectivity index (χ1) is 14.4. The summed E-state index contributed by atoms with van der Waals surface area (Å²) in [6.45, 7) is 4.20. The number of halogens is 1. The minimum absolute atomic E-state index is 0.110. The predicted octanol–water partition coefficient (Wildman–Crippen LogP) is 4.90. The maximum atomic E-state index is 12.5. The number of nitrogens with one attached hydrogen (secondary N) is 2. The van der Waals surface area contributed by atoms with E-state index < -0.39 is 0 Å². The van der Waals surface area contributed by atoms with E-state index in [1.807, 2.05) is 44.2 Å². The Kier molecular flexibility index (Phi) is 7.09. The van der Waals surface area contributed by atoms with Gasteiger partial charge in [0.2, 0.25) is 0 Å². The number of amides is 2. The first kappa shape index (κ1) is 21.4. The molecule has 0 aliphatic rings. The zero-order valence-corrected chi connectivity index (χ0v) is 17.6. The van der Waals surface area contributed by atoms with Gasteiger partial charge in [0.15, 0.2) is 6.61 Å². The molecule has 3 rings (SSSR count). The molecule has 0 fully saturated rings. The van der Waals surface area contributed by atoms with Crippen LogP contribution in [0.1, 0.15) is 27.0 Å². The van der Waals surface area contributed by atoms with E-state index in [0.717, 1.165) is 22.4 Å². The minimum atomic E-state index is -0.234. The van der Waals surface area contributed by atoms with Crippen molar-refractivity contribution in [1.82, 2.24) is 5.32 Å². The molecule has 0 spiro atoms. The Morgan fingerprint density at radius 3 is 2.17 bits per heavy atom. The van der Waals surface area contributed by atoms with Crippen LogP contribution in [0.15, 0.2) is 66.7 Å². The van der Waals surface area contributed by atoms with Crippen molar-refractivity contribution in [2.75, 3.05) is 11.9 Å². The van der Waals surface area contributed by atoms with Crippen LogP contribution in [0.2, 0.25) is 5.02 Å². The Labute approximate surface area is 181 Å². The Hall–Kier alpha value is -3.31. The molecule has 0 bridgehead atoms. The molecule has 2 N–H and O–H groups in total. The van der Waals surface area contributed by atoms with Crippen LogP contribution in [0.4, 0.5) is 5.69 Å². The molecule has 2 amide bonds. The van der Waals surface area contributed by atoms with Gasteiger partial charge in [-0.15, -0.1) is 0 Å². The number of hydrogen-bond acceptors (Lipinski definition) is 3. The molecule has 3 aromatic rings. The Bertz CT molecular complexity index is 1010. The lowest BCUT2D eigenvalue weighted by Crippen LogP contribution is -2.28. The molecule has 0 unspecified atom stereocenters. The molecule has 0 saturated carbocycles. The lowest BCUT2D eigenvalue weighted by atomic mass is 10.1. The second kappa shape index (κ2) is 9.94. The van der Waals surface area contributed by atoms with Crippen molar-refractivity contribution >= 4 is 29.1 Å². The van der Waals surface area contributed by atoms with E-state index in [-0.39, 0.29) is 18.4 Å². The number of ether oxygens (including phenoxy) is 1. The fourth-order valence-corrected chi connectivity index (χ4v) is 3.03. The van der Waals surface area contributed by atoms with E-state index in [4.69, 9.17) is 16.3 Å². The summed E-state index contributed by atoms with van der Waals surface area (Å²) in [5.74, 6) is 0.0849. The Morgan fingerprint density at radius 2 is 1.53 bits per heavy atom. The number of rotatable bonds is 7. The highest BCUT2D eigenvalue weighted by Crippen LogP contribution is 2.21. The number of anilines is 1. The topological polar surface area (TPSA) is 67.4 Å². The van der Waals surface area contributed by atoms with E-state index in [9.17, 15) is 9.59 Å². The highest BCUT2D eigenvalue weighted by atomic mass is 35.5. The molecule has 0 aliphatic carbocycles. The van der Waals surface area contributed by atoms with E-state index in [1.165, 1.54) is 0 Å². The first-order valence-electron chi connectivity index (χ1n) is 9.54. The van der Waals surface area contributed by atoms with Crippen LogP contribution < -0.4 is 15.4 Å². The third kappa shape index (κ3) is 5.84. The van der Waals surface area contributed by atoms with Gasteiger partial charge in [0.1, 0.15) is 5.75 Å². The van der Waals surface area contributed by atoms with Crippen LogP contribution in [0.5, 0.6) is 5.75 Å². The highest BCUT2D eigenvalue weighted by Gasteiger charge is 2.10. The van der Waals surface area contributed by atoms with Crippen LogP contribution >= 0.6 is 11.6 Å². The van der Waals surface area contributed by atoms with Crippen molar-refractivity contribution in [3.8, 4) is 5.75 Å². The zero-order chi connectivity index (χ0) is 21.5. The van der Waals surface area contributed by atoms with Crippen LogP contribution in [0.25, 0.3) is 0 Å². The molecule has 154 valence electrons. The monoisotopic (exact) mass is 422 g/mol. The largest absolute Gasteiger partial charge is 0.484 e. The van der Waals surface area contributed by atoms with Crippen molar-refractivity contribution in [3.05, 3.63) is 94.0 Å². The van der Waals surface area contributed by atoms with Crippen molar-refractivity contribution in [1.29, 1.82) is 0 Å². The van der Waals surface area contributed by atoms with Crippen LogP contribution in [-0.4, -0.2) is 18.4 Å². The van der Waals surface area contributed by atoms with Gasteiger partial charge in [0.05, 0.1) is 0 Å². The standard InChI is InChI=1S/C24H23ClN2O3/c1-16-4-3-5-17(2)23(16)27-24(29)19-8-12-21(13-9-19)30-15-22(28)26-14-18-6-10-20(25)11-7-18/h3-13H,14-15H2,1-2H3,(H,26,28)(H,27,29). The van der Waals surface area contributed by atoms with Gasteiger partial charge < -0.3 is 15.4 Å². The van der Waals surface area contributed by atoms with Gasteiger partial charge in [-0.25, -0.2) is 0 Å². The molecule has 0 atom stereocenters. The lowest BCUT2D eigenvalue weighted by molar-refractivity contribution is -0.123. The molecular weight excluding hydrogens is 400 g/mol. The number of benzene rings is 3. The third-order valence-corrected chi connectivity index (χ3v) is 4.86. The van der Waals surface area contributed by atoms with Gasteiger partial charge in [-0.2, -0.15) is 0 Å². The fourth-order valence-electron chi connectivity index (χ4n) is 2.90. The molecule has 0 saturated heterocycles. The smallest absolute Gasteiger partial charge is 0.258 e. The molecule has 0 radical (unpaired) electrons. The van der Waals surface area contributed by atoms with Gasteiger partial charge in [-0.3, -0.25) is 9.59 Å². The van der Waals surface area contributed by atoms with Crippen molar-refractivity contribution in [2.24, 2.45) is 0 Å². The van der Waals surface area contributed by atoms with Crippen molar-refractivity contribution in [3.63, 3.8) is 0 Å². The SMILES string of the molecule is Cc1cccc(C)c1NC(=O)c1ccc(OCC(=O)NCc2ccc(Cl)cc2)cc1. The summed E-state index contributed by atoms with van der Waals surface area (Å²) in [5, 5.41) is 6.39. The maximum absolute atomic E-state index is 12.5. The molecule has 30 heavy (non-hydrogen) atoms. The number of carbonyl (C=O) groups excluding carboxylic acids is 2. The van der Waals surface area contributed by atoms with E-state index in [2.05, 4.69) is 10.6 Å². The Morgan fingerprint density at radius 1 is 0.900 bits per heavy atom. The molecule has 0 heterocycles. The number of para-hydroxylation sites is 1. The maximum Gasteiger partial charge on any atom is 0.258 e. The summed E-state index contributed by atoms with van der Waals surface area (Å²) in [7, 11) is 0. The summed E-state index contributed by atoms with van der Waals surface area (Å²) in [4.78, 5) is 24.5. The van der Waals surface area contributed by atoms with Crippen LogP contribution in [0, 0.1) is 13.8 Å². The minimum Gasteiger partial charge on any atom is -0.484 e. The molecule has 5 nitrogen and oxygen atoms in total. The quantitative estimate of drug-likeness (QED) is 0.568. The average molecular weight is 423 g/mol. The third-order valence-electron chi connectivity index (χ3n) is 4.61. The van der Waals surface area contributed by atoms with Gasteiger partial charge in [0, 0.05) is 22.8 Å². The molecular formula is C24H23ClN2O3. The van der Waals surface area contributed by atoms with Crippen molar-refractivity contribution in [2.45, 2.75) is 20.4 Å². The first-order valence-corrected chi connectivity index (χ1v) is 9.92. The second-order valence-electron chi connectivity index (χ2n) is 6.94. The Balaban J connectivity index is 1.49. The number of hydrogen-bond donors (Lipinski definition) is 2. The normalized spacial score (nSPS) is 10.4. The average Bonchev–Trinajstić information content (AvgIpc) is 2.75. The summed E-state index contributed by atoms with van der Waals surface area (Å²) in [5.41, 5.74) is 4.30. The molecule has 0 aromatic heterocycles. The van der Waals surface area contributed by atoms with Crippen LogP contribution in [0.3, 0.4) is 0 Å². The summed E-state index contributed by atoms with van der Waals surface area (Å²) in [6.07, 6.45) is 0. The fraction of sp³-hybridized carbons (Fsp3) is 0.167. The van der Waals surface area contributed by atoms with Gasteiger partial charge in [0.25, 0.3) is 11.8 Å². The molecule has 0 aliphatic heterocycles. The number of carbonyl (C=O) groups is 2. The molecule has 3 aromatic carbocycles. The van der Waals surface area contributed by atoms with Gasteiger partial charge >= 0.3 is 0 Å². The van der Waals surface area contributed by atoms with E-state index >= 15 is 0 Å². The lowest BCUT2D eigenvalue weighted by Gasteiger charge is -2.12. The number of aryl methyl sites for hydroxylation is 2. The zero-order valence-electron chi connectivity index (χ0n) is 16.9. The van der Waals surface area contributed by atoms with Gasteiger partial charge in [-0.05, 0) is 66.9 Å². The predicted molar refractivity (Wildman–Crippen MR) is 119 cm³/mol. The van der Waals surface area contributed by atoms with Crippen LogP contribution in [-0.2, 0) is 11.3 Å². The van der Waals surface area contributed by atoms with Crippen molar-refractivity contribution < 1.29 is 14.3 Å². The summed E-state index contributed by atoms with van der Waals surface area (Å²) < 4.78 is 5.50. The van der Waals surface area contributed by atoms with Gasteiger partial charge in [-0.1, -0.05) is 41.9 Å². The van der Waals surface area contributed by atoms with E-state index in [1.54, 1.807) is 36.4 Å². The molecule has 6 heteroatoms. The second-order valence-corrected chi connectivity index (χ2v) is 7.37.